The number of pyridine rings is 6. The number of nitrogens with zero attached hydrogens (tertiary/aromatic N) is 6. The largest absolute Gasteiger partial charge is 0.254 e. The second-order valence-electron chi connectivity index (χ2n) is 14.7. The molecule has 0 radical (unpaired) electrons. The Kier molecular flexibility index (Phi) is 7.13. The van der Waals surface area contributed by atoms with Gasteiger partial charge in [0.05, 0.1) is 50.2 Å². The molecule has 12 aromatic rings. The molecule has 0 unspecified atom stereocenters. The number of benzene rings is 6. The summed E-state index contributed by atoms with van der Waals surface area (Å²) in [7, 11) is 0. The molecule has 0 amide bonds. The molecular weight excluding hydrogens is 709 g/mol. The van der Waals surface area contributed by atoms with E-state index in [0.717, 1.165) is 121 Å². The molecule has 6 heteroatoms. The van der Waals surface area contributed by atoms with Crippen LogP contribution in [0.15, 0.2) is 182 Å². The third kappa shape index (κ3) is 5.20. The van der Waals surface area contributed by atoms with E-state index in [9.17, 15) is 0 Å². The van der Waals surface area contributed by atoms with Gasteiger partial charge in [0.15, 0.2) is 0 Å². The predicted octanol–water partition coefficient (Wildman–Crippen LogP) is 12.8. The molecule has 0 bridgehead atoms. The lowest BCUT2D eigenvalue weighted by Gasteiger charge is -2.13. The van der Waals surface area contributed by atoms with E-state index < -0.39 is 0 Å². The fourth-order valence-electron chi connectivity index (χ4n) is 8.51. The van der Waals surface area contributed by atoms with Crippen molar-refractivity contribution in [3.63, 3.8) is 0 Å². The minimum atomic E-state index is 0.884. The third-order valence-corrected chi connectivity index (χ3v) is 11.4. The average molecular weight is 739 g/mol. The van der Waals surface area contributed by atoms with Crippen molar-refractivity contribution >= 4 is 76.2 Å². The van der Waals surface area contributed by atoms with Crippen molar-refractivity contribution in [3.05, 3.63) is 182 Å². The molecule has 6 aromatic carbocycles. The highest BCUT2D eigenvalue weighted by atomic mass is 14.8. The van der Waals surface area contributed by atoms with Crippen molar-refractivity contribution in [2.24, 2.45) is 0 Å². The first-order chi connectivity index (χ1) is 28.7. The second kappa shape index (κ2) is 12.8. The van der Waals surface area contributed by atoms with Gasteiger partial charge >= 0.3 is 0 Å². The molecule has 0 aliphatic heterocycles. The molecule has 12 rings (SSSR count). The fourth-order valence-corrected chi connectivity index (χ4v) is 8.51. The number of fused-ring (bicyclic) bond motifs is 9. The fraction of sp³-hybridized carbons (Fsp3) is 0. The molecule has 0 saturated heterocycles. The molecule has 58 heavy (non-hydrogen) atoms. The monoisotopic (exact) mass is 738 g/mol. The minimum Gasteiger partial charge on any atom is -0.254 e. The summed E-state index contributed by atoms with van der Waals surface area (Å²) in [6, 6.07) is 57.3. The van der Waals surface area contributed by atoms with E-state index in [1.807, 2.05) is 36.8 Å². The van der Waals surface area contributed by atoms with Crippen molar-refractivity contribution in [1.29, 1.82) is 0 Å². The van der Waals surface area contributed by atoms with Gasteiger partial charge in [0.2, 0.25) is 0 Å². The highest BCUT2D eigenvalue weighted by molar-refractivity contribution is 6.10. The van der Waals surface area contributed by atoms with Gasteiger partial charge < -0.3 is 0 Å². The molecule has 0 aliphatic rings. The van der Waals surface area contributed by atoms with Crippen LogP contribution in [0.5, 0.6) is 0 Å². The van der Waals surface area contributed by atoms with Crippen LogP contribution in [-0.4, -0.2) is 29.9 Å². The zero-order valence-electron chi connectivity index (χ0n) is 31.0. The van der Waals surface area contributed by atoms with Gasteiger partial charge in [-0.2, -0.15) is 0 Å². The van der Waals surface area contributed by atoms with Gasteiger partial charge in [-0.15, -0.1) is 0 Å². The summed E-state index contributed by atoms with van der Waals surface area (Å²) in [5.74, 6) is 0. The average Bonchev–Trinajstić information content (AvgIpc) is 3.30. The molecule has 0 atom stereocenters. The Balaban J connectivity index is 0.904. The molecule has 0 fully saturated rings. The van der Waals surface area contributed by atoms with Crippen LogP contribution < -0.4 is 0 Å². The summed E-state index contributed by atoms with van der Waals surface area (Å²) >= 11 is 0. The van der Waals surface area contributed by atoms with Crippen LogP contribution in [0.1, 0.15) is 0 Å². The highest BCUT2D eigenvalue weighted by Crippen LogP contribution is 2.38. The first kappa shape index (κ1) is 32.3. The van der Waals surface area contributed by atoms with Gasteiger partial charge in [0, 0.05) is 67.6 Å². The topological polar surface area (TPSA) is 77.3 Å². The van der Waals surface area contributed by atoms with E-state index in [1.54, 1.807) is 0 Å². The molecule has 6 nitrogen and oxygen atoms in total. The lowest BCUT2D eigenvalue weighted by atomic mass is 9.95. The van der Waals surface area contributed by atoms with Gasteiger partial charge in [0.25, 0.3) is 0 Å². The second-order valence-corrected chi connectivity index (χ2v) is 14.7. The number of aromatic nitrogens is 6. The normalized spacial score (nSPS) is 11.8. The summed E-state index contributed by atoms with van der Waals surface area (Å²) in [6.07, 6.45) is 5.47. The van der Waals surface area contributed by atoms with Crippen LogP contribution in [0.4, 0.5) is 0 Å². The standard InChI is InChI=1S/C52H30N6/c1-2-9-39-38(8-1)40(19-20-41(39)46-23-16-33-13-12-32-6-3-25-53-49(32)51(33)58-46)45-24-18-36-28-34(17-21-44(36)56-45)35-14-11-31-15-22-47(57-48(31)30-35)43-29-37-7-4-26-54-50(37)52-42(43)10-5-27-55-52/h1-30H. The van der Waals surface area contributed by atoms with Crippen LogP contribution in [0.25, 0.3) is 121 Å². The maximum Gasteiger partial charge on any atom is 0.0972 e. The van der Waals surface area contributed by atoms with E-state index in [2.05, 4.69) is 156 Å². The Morgan fingerprint density at radius 1 is 0.276 bits per heavy atom. The zero-order valence-corrected chi connectivity index (χ0v) is 31.0. The van der Waals surface area contributed by atoms with Crippen LogP contribution >= 0.6 is 0 Å². The minimum absolute atomic E-state index is 0.884. The SMILES string of the molecule is c1cnc2c(c1)ccc1ccc(-c3ccc(-c4ccc5cc(-c6ccc7ccc(-c8cc9cccnc9c9ncccc89)nc7c6)ccc5n4)c4ccccc34)nc12. The van der Waals surface area contributed by atoms with Crippen LogP contribution in [0.3, 0.4) is 0 Å². The maximum absolute atomic E-state index is 5.20. The molecule has 0 aliphatic carbocycles. The first-order valence-corrected chi connectivity index (χ1v) is 19.3. The number of rotatable bonds is 4. The van der Waals surface area contributed by atoms with Crippen LogP contribution in [0, 0.1) is 0 Å². The third-order valence-electron chi connectivity index (χ3n) is 11.4. The molecule has 268 valence electrons. The van der Waals surface area contributed by atoms with Crippen LogP contribution in [0.2, 0.25) is 0 Å². The van der Waals surface area contributed by atoms with Crippen molar-refractivity contribution in [2.45, 2.75) is 0 Å². The highest BCUT2D eigenvalue weighted by Gasteiger charge is 2.15. The zero-order chi connectivity index (χ0) is 38.2. The summed E-state index contributed by atoms with van der Waals surface area (Å²) in [5, 5.41) is 8.67. The van der Waals surface area contributed by atoms with Gasteiger partial charge in [-0.3, -0.25) is 15.0 Å². The molecule has 0 N–H and O–H groups in total. The van der Waals surface area contributed by atoms with E-state index in [1.165, 1.54) is 0 Å². The summed E-state index contributed by atoms with van der Waals surface area (Å²) in [6.45, 7) is 0. The summed E-state index contributed by atoms with van der Waals surface area (Å²) in [5.41, 5.74) is 13.7. The predicted molar refractivity (Wildman–Crippen MR) is 237 cm³/mol. The summed E-state index contributed by atoms with van der Waals surface area (Å²) in [4.78, 5) is 29.6. The Hall–Kier alpha value is -7.96. The maximum atomic E-state index is 5.20. The Morgan fingerprint density at radius 2 is 0.810 bits per heavy atom. The van der Waals surface area contributed by atoms with Crippen molar-refractivity contribution < 1.29 is 0 Å². The van der Waals surface area contributed by atoms with Crippen molar-refractivity contribution in [2.75, 3.05) is 0 Å². The van der Waals surface area contributed by atoms with E-state index in [4.69, 9.17) is 19.9 Å². The van der Waals surface area contributed by atoms with E-state index in [-0.39, 0.29) is 0 Å². The Bertz CT molecular complexity index is 3650. The van der Waals surface area contributed by atoms with Gasteiger partial charge in [0.1, 0.15) is 0 Å². The first-order valence-electron chi connectivity index (χ1n) is 19.3. The van der Waals surface area contributed by atoms with Crippen molar-refractivity contribution in [3.8, 4) is 44.9 Å². The van der Waals surface area contributed by atoms with Gasteiger partial charge in [-0.1, -0.05) is 103 Å². The smallest absolute Gasteiger partial charge is 0.0972 e. The number of hydrogen-bond donors (Lipinski definition) is 0. The quantitative estimate of drug-likeness (QED) is 0.167. The molecule has 0 saturated carbocycles. The van der Waals surface area contributed by atoms with Crippen LogP contribution in [-0.2, 0) is 0 Å². The van der Waals surface area contributed by atoms with Gasteiger partial charge in [-0.25, -0.2) is 15.0 Å². The molecule has 6 heterocycles. The molecule has 6 aromatic heterocycles. The van der Waals surface area contributed by atoms with Crippen molar-refractivity contribution in [1.82, 2.24) is 29.9 Å². The lowest BCUT2D eigenvalue weighted by molar-refractivity contribution is 1.36. The molecular formula is C52H30N6. The molecule has 0 spiro atoms. The summed E-state index contributed by atoms with van der Waals surface area (Å²) < 4.78 is 0. The Morgan fingerprint density at radius 3 is 1.60 bits per heavy atom. The van der Waals surface area contributed by atoms with Gasteiger partial charge in [-0.05, 0) is 82.6 Å². The lowest BCUT2D eigenvalue weighted by Crippen LogP contribution is -1.92. The van der Waals surface area contributed by atoms with E-state index >= 15 is 0 Å². The van der Waals surface area contributed by atoms with E-state index in [0.29, 0.717) is 0 Å². The number of hydrogen-bond acceptors (Lipinski definition) is 6. The Labute approximate surface area is 332 Å².